The lowest BCUT2D eigenvalue weighted by Crippen LogP contribution is -2.29. The van der Waals surface area contributed by atoms with Crippen LogP contribution in [0.1, 0.15) is 10.6 Å². The molecule has 34 heavy (non-hydrogen) atoms. The summed E-state index contributed by atoms with van der Waals surface area (Å²) < 4.78 is 18.1. The summed E-state index contributed by atoms with van der Waals surface area (Å²) in [6, 6.07) is 18.8. The van der Waals surface area contributed by atoms with Gasteiger partial charge in [0.05, 0.1) is 19.0 Å². The lowest BCUT2D eigenvalue weighted by molar-refractivity contribution is 0.0919. The van der Waals surface area contributed by atoms with Crippen LogP contribution in [0.3, 0.4) is 0 Å². The minimum atomic E-state index is -0.506. The molecule has 0 bridgehead atoms. The summed E-state index contributed by atoms with van der Waals surface area (Å²) >= 11 is 0. The fourth-order valence-corrected chi connectivity index (χ4v) is 3.41. The number of nitrogens with zero attached hydrogens (tertiary/aromatic N) is 4. The number of ether oxygens (including phenoxy) is 2. The number of benzene rings is 2. The summed E-state index contributed by atoms with van der Waals surface area (Å²) in [4.78, 5) is 24.6. The van der Waals surface area contributed by atoms with Gasteiger partial charge in [-0.2, -0.15) is 4.52 Å². The van der Waals surface area contributed by atoms with Crippen molar-refractivity contribution in [1.82, 2.24) is 25.1 Å². The second-order valence-corrected chi connectivity index (χ2v) is 7.27. The minimum absolute atomic E-state index is 0.0596. The second-order valence-electron chi connectivity index (χ2n) is 7.27. The molecule has 3 aromatic heterocycles. The van der Waals surface area contributed by atoms with Gasteiger partial charge in [0.15, 0.2) is 22.7 Å². The third-order valence-electron chi connectivity index (χ3n) is 5.06. The van der Waals surface area contributed by atoms with Gasteiger partial charge >= 0.3 is 0 Å². The summed E-state index contributed by atoms with van der Waals surface area (Å²) in [6.07, 6.45) is 0. The van der Waals surface area contributed by atoms with Crippen molar-refractivity contribution < 1.29 is 18.7 Å². The normalized spacial score (nSPS) is 11.0. The van der Waals surface area contributed by atoms with Crippen molar-refractivity contribution in [3.05, 3.63) is 82.7 Å². The van der Waals surface area contributed by atoms with E-state index in [0.717, 1.165) is 5.56 Å². The molecule has 5 rings (SSSR count). The van der Waals surface area contributed by atoms with Gasteiger partial charge in [-0.15, -0.1) is 15.3 Å². The van der Waals surface area contributed by atoms with E-state index in [9.17, 15) is 9.59 Å². The quantitative estimate of drug-likeness (QED) is 0.370. The maximum absolute atomic E-state index is 12.4. The van der Waals surface area contributed by atoms with Crippen LogP contribution in [0.2, 0.25) is 0 Å². The second kappa shape index (κ2) is 9.02. The Morgan fingerprint density at radius 3 is 2.82 bits per heavy atom. The zero-order valence-corrected chi connectivity index (χ0v) is 18.1. The number of rotatable bonds is 7. The Hall–Kier alpha value is -4.73. The Kier molecular flexibility index (Phi) is 5.61. The van der Waals surface area contributed by atoms with Crippen molar-refractivity contribution in [2.75, 3.05) is 20.3 Å². The minimum Gasteiger partial charge on any atom is -0.497 e. The van der Waals surface area contributed by atoms with Gasteiger partial charge in [-0.25, -0.2) is 0 Å². The largest absolute Gasteiger partial charge is 0.497 e. The molecule has 170 valence electrons. The molecule has 0 spiro atoms. The predicted octanol–water partition coefficient (Wildman–Crippen LogP) is 2.72. The first kappa shape index (κ1) is 21.1. The van der Waals surface area contributed by atoms with Crippen LogP contribution < -0.4 is 20.2 Å². The Bertz CT molecular complexity index is 1560. The highest BCUT2D eigenvalue weighted by Crippen LogP contribution is 2.23. The van der Waals surface area contributed by atoms with Crippen LogP contribution in [0, 0.1) is 0 Å². The van der Waals surface area contributed by atoms with Crippen molar-refractivity contribution in [3.8, 4) is 23.0 Å². The first-order valence-electron chi connectivity index (χ1n) is 10.4. The van der Waals surface area contributed by atoms with Crippen LogP contribution in [0.5, 0.6) is 11.6 Å². The van der Waals surface area contributed by atoms with E-state index in [1.807, 2.05) is 24.3 Å². The van der Waals surface area contributed by atoms with Gasteiger partial charge < -0.3 is 19.2 Å². The average molecular weight is 457 g/mol. The number of para-hydroxylation sites is 1. The summed E-state index contributed by atoms with van der Waals surface area (Å²) in [7, 11) is 1.59. The molecular weight excluding hydrogens is 438 g/mol. The molecule has 0 aliphatic heterocycles. The van der Waals surface area contributed by atoms with E-state index >= 15 is 0 Å². The van der Waals surface area contributed by atoms with Crippen LogP contribution in [0.15, 0.2) is 75.9 Å². The van der Waals surface area contributed by atoms with E-state index in [4.69, 9.17) is 13.9 Å². The van der Waals surface area contributed by atoms with Crippen molar-refractivity contribution in [2.24, 2.45) is 0 Å². The molecule has 0 saturated carbocycles. The predicted molar refractivity (Wildman–Crippen MR) is 123 cm³/mol. The average Bonchev–Trinajstić information content (AvgIpc) is 3.30. The maximum Gasteiger partial charge on any atom is 0.287 e. The van der Waals surface area contributed by atoms with E-state index in [1.54, 1.807) is 48.0 Å². The number of hydrogen-bond acceptors (Lipinski definition) is 8. The Labute approximate surface area is 192 Å². The molecule has 1 N–H and O–H groups in total. The van der Waals surface area contributed by atoms with E-state index in [1.165, 1.54) is 6.07 Å². The van der Waals surface area contributed by atoms with Crippen LogP contribution >= 0.6 is 0 Å². The molecule has 5 aromatic rings. The first-order chi connectivity index (χ1) is 16.6. The van der Waals surface area contributed by atoms with Gasteiger partial charge in [-0.3, -0.25) is 9.59 Å². The van der Waals surface area contributed by atoms with Crippen LogP contribution in [-0.2, 0) is 0 Å². The first-order valence-corrected chi connectivity index (χ1v) is 10.4. The molecule has 0 aliphatic carbocycles. The number of carbonyl (C=O) groups excluding carboxylic acids is 1. The molecule has 10 heteroatoms. The molecule has 3 heterocycles. The highest BCUT2D eigenvalue weighted by Gasteiger charge is 2.13. The van der Waals surface area contributed by atoms with Crippen molar-refractivity contribution >= 4 is 22.5 Å². The number of aromatic nitrogens is 4. The molecule has 2 aromatic carbocycles. The third kappa shape index (κ3) is 4.16. The van der Waals surface area contributed by atoms with Gasteiger partial charge in [0.2, 0.25) is 5.88 Å². The van der Waals surface area contributed by atoms with Crippen LogP contribution in [0.25, 0.3) is 28.0 Å². The smallest absolute Gasteiger partial charge is 0.287 e. The monoisotopic (exact) mass is 457 g/mol. The van der Waals surface area contributed by atoms with Crippen molar-refractivity contribution in [3.63, 3.8) is 0 Å². The maximum atomic E-state index is 12.4. The number of carbonyl (C=O) groups is 1. The van der Waals surface area contributed by atoms with E-state index in [0.29, 0.717) is 34.1 Å². The van der Waals surface area contributed by atoms with Crippen molar-refractivity contribution in [1.29, 1.82) is 0 Å². The third-order valence-corrected chi connectivity index (χ3v) is 5.06. The van der Waals surface area contributed by atoms with Gasteiger partial charge in [-0.05, 0) is 30.3 Å². The molecule has 0 radical (unpaired) electrons. The SMILES string of the molecule is COc1cccc(-c2nnc3ccc(OCCNC(=O)c4cc(=O)c5ccccc5o4)nn23)c1. The molecular formula is C24H19N5O5. The zero-order chi connectivity index (χ0) is 23.5. The lowest BCUT2D eigenvalue weighted by Gasteiger charge is -2.08. The van der Waals surface area contributed by atoms with Gasteiger partial charge in [-0.1, -0.05) is 24.3 Å². The van der Waals surface area contributed by atoms with Gasteiger partial charge in [0.1, 0.15) is 17.9 Å². The summed E-state index contributed by atoms with van der Waals surface area (Å²) in [5.74, 6) is 1.01. The summed E-state index contributed by atoms with van der Waals surface area (Å²) in [5, 5.41) is 15.9. The highest BCUT2D eigenvalue weighted by atomic mass is 16.5. The molecule has 0 saturated heterocycles. The number of amides is 1. The molecule has 0 fully saturated rings. The highest BCUT2D eigenvalue weighted by molar-refractivity contribution is 5.93. The standard InChI is InChI=1S/C24H19N5O5/c1-32-16-6-4-5-15(13-16)23-27-26-21-9-10-22(28-29(21)23)33-12-11-25-24(31)20-14-18(30)17-7-2-3-8-19(17)34-20/h2-10,13-14H,11-12H2,1H3,(H,25,31). The summed E-state index contributed by atoms with van der Waals surface area (Å²) in [5.41, 5.74) is 1.43. The Balaban J connectivity index is 1.25. The van der Waals surface area contributed by atoms with Crippen molar-refractivity contribution in [2.45, 2.75) is 0 Å². The van der Waals surface area contributed by atoms with Gasteiger partial charge in [0, 0.05) is 17.7 Å². The van der Waals surface area contributed by atoms with E-state index in [2.05, 4.69) is 20.6 Å². The number of methoxy groups -OCH3 is 1. The molecule has 1 amide bonds. The summed E-state index contributed by atoms with van der Waals surface area (Å²) in [6.45, 7) is 0.332. The Morgan fingerprint density at radius 2 is 1.94 bits per heavy atom. The van der Waals surface area contributed by atoms with Crippen LogP contribution in [0.4, 0.5) is 0 Å². The number of fused-ring (bicyclic) bond motifs is 2. The molecule has 10 nitrogen and oxygen atoms in total. The van der Waals surface area contributed by atoms with E-state index in [-0.39, 0.29) is 24.3 Å². The lowest BCUT2D eigenvalue weighted by atomic mass is 10.2. The molecule has 0 unspecified atom stereocenters. The van der Waals surface area contributed by atoms with E-state index < -0.39 is 5.91 Å². The topological polar surface area (TPSA) is 121 Å². The number of nitrogens with one attached hydrogen (secondary N) is 1. The molecule has 0 aliphatic rings. The fraction of sp³-hybridized carbons (Fsp3) is 0.125. The number of hydrogen-bond donors (Lipinski definition) is 1. The molecule has 0 atom stereocenters. The Morgan fingerprint density at radius 1 is 1.06 bits per heavy atom. The van der Waals surface area contributed by atoms with Gasteiger partial charge in [0.25, 0.3) is 5.91 Å². The fourth-order valence-electron chi connectivity index (χ4n) is 3.41. The van der Waals surface area contributed by atoms with Crippen LogP contribution in [-0.4, -0.2) is 46.0 Å². The zero-order valence-electron chi connectivity index (χ0n) is 18.1.